The third-order valence-electron chi connectivity index (χ3n) is 0.448. The molecule has 0 unspecified atom stereocenters. The molecule has 0 amide bonds. The summed E-state index contributed by atoms with van der Waals surface area (Å²) in [5.41, 5.74) is 0. The molecular weight excluding hydrogens is 272 g/mol. The standard InChI is InChI=1S/C4H5O2.Ir/c5-3-1-2-4-6;/h3H,1-2H2;. The van der Waals surface area contributed by atoms with E-state index >= 15 is 0 Å². The molecule has 0 N–H and O–H groups in total. The van der Waals surface area contributed by atoms with Gasteiger partial charge in [-0.1, -0.05) is 0 Å². The van der Waals surface area contributed by atoms with Gasteiger partial charge in [0.05, 0.1) is 0 Å². The van der Waals surface area contributed by atoms with Crippen LogP contribution in [0.25, 0.3) is 0 Å². The van der Waals surface area contributed by atoms with Crippen LogP contribution in [0.4, 0.5) is 0 Å². The first-order valence-corrected chi connectivity index (χ1v) is 3.07. The topological polar surface area (TPSA) is 34.1 Å². The zero-order chi connectivity index (χ0) is 5.70. The molecule has 0 aromatic heterocycles. The second-order valence-corrected chi connectivity index (χ2v) is 2.37. The van der Waals surface area contributed by atoms with E-state index in [9.17, 15) is 9.59 Å². The molecule has 0 spiro atoms. The van der Waals surface area contributed by atoms with Crippen LogP contribution >= 0.6 is 0 Å². The summed E-state index contributed by atoms with van der Waals surface area (Å²) in [4.78, 5) is 19.6. The minimum atomic E-state index is 0.0760. The van der Waals surface area contributed by atoms with Gasteiger partial charge in [0, 0.05) is 0 Å². The summed E-state index contributed by atoms with van der Waals surface area (Å²) in [6.45, 7) is 0. The first kappa shape index (κ1) is 6.99. The molecule has 0 heterocycles. The van der Waals surface area contributed by atoms with E-state index in [0.717, 1.165) is 6.29 Å². The Kier molecular flexibility index (Phi) is 4.15. The third kappa shape index (κ3) is 5.99. The molecule has 0 radical (unpaired) electrons. The summed E-state index contributed by atoms with van der Waals surface area (Å²) in [5, 5.41) is 0. The summed E-state index contributed by atoms with van der Waals surface area (Å²) in [6.07, 6.45) is 1.51. The van der Waals surface area contributed by atoms with Gasteiger partial charge in [-0.05, 0) is 0 Å². The molecule has 0 aliphatic rings. The van der Waals surface area contributed by atoms with Crippen molar-refractivity contribution in [1.29, 1.82) is 0 Å². The van der Waals surface area contributed by atoms with Crippen molar-refractivity contribution in [3.63, 3.8) is 0 Å². The van der Waals surface area contributed by atoms with Crippen LogP contribution in [0.2, 0.25) is 0 Å². The van der Waals surface area contributed by atoms with Crippen LogP contribution in [0.1, 0.15) is 12.8 Å². The summed E-state index contributed by atoms with van der Waals surface area (Å²) in [7, 11) is 0. The molecule has 0 aliphatic carbocycles. The van der Waals surface area contributed by atoms with Crippen molar-refractivity contribution in [3.05, 3.63) is 0 Å². The van der Waals surface area contributed by atoms with E-state index in [1.807, 2.05) is 0 Å². The van der Waals surface area contributed by atoms with Crippen molar-refractivity contribution in [2.24, 2.45) is 0 Å². The second kappa shape index (κ2) is 4.16. The molecular formula is C4H5IrO2. The SMILES string of the molecule is O=CCC[C](=O)[Ir]. The van der Waals surface area contributed by atoms with Gasteiger partial charge in [0.2, 0.25) is 0 Å². The van der Waals surface area contributed by atoms with Gasteiger partial charge in [-0.2, -0.15) is 0 Å². The first-order valence-electron chi connectivity index (χ1n) is 1.87. The predicted octanol–water partition coefficient (Wildman–Crippen LogP) is 0.0389. The Bertz CT molecular complexity index is 79.8. The van der Waals surface area contributed by atoms with Crippen LogP contribution in [0.15, 0.2) is 0 Å². The van der Waals surface area contributed by atoms with Gasteiger partial charge < -0.3 is 0 Å². The predicted molar refractivity (Wildman–Crippen MR) is 20.3 cm³/mol. The fourth-order valence-electron chi connectivity index (χ4n) is 0.166. The van der Waals surface area contributed by atoms with Crippen LogP contribution in [0.5, 0.6) is 0 Å². The van der Waals surface area contributed by atoms with Crippen molar-refractivity contribution < 1.29 is 28.5 Å². The Morgan fingerprint density at radius 1 is 1.71 bits per heavy atom. The number of carbonyl (C=O) groups is 2. The molecule has 2 nitrogen and oxygen atoms in total. The normalized spacial score (nSPS) is 8.29. The maximum absolute atomic E-state index is 10.0. The van der Waals surface area contributed by atoms with Gasteiger partial charge in [-0.25, -0.2) is 0 Å². The molecule has 0 aromatic carbocycles. The van der Waals surface area contributed by atoms with Crippen LogP contribution < -0.4 is 0 Å². The number of aldehydes is 1. The van der Waals surface area contributed by atoms with Crippen LogP contribution in [-0.4, -0.2) is 10.6 Å². The minimum absolute atomic E-state index is 0.0760. The number of hydrogen-bond acceptors (Lipinski definition) is 2. The van der Waals surface area contributed by atoms with E-state index in [0.29, 0.717) is 12.8 Å². The van der Waals surface area contributed by atoms with E-state index in [1.54, 1.807) is 0 Å². The second-order valence-electron chi connectivity index (χ2n) is 1.04. The van der Waals surface area contributed by atoms with E-state index in [1.165, 1.54) is 18.9 Å². The molecule has 0 saturated heterocycles. The zero-order valence-electron chi connectivity index (χ0n) is 3.64. The molecule has 0 aromatic rings. The van der Waals surface area contributed by atoms with Gasteiger partial charge in [0.15, 0.2) is 0 Å². The molecule has 0 atom stereocenters. The third-order valence-corrected chi connectivity index (χ3v) is 1.05. The monoisotopic (exact) mass is 278 g/mol. The molecule has 7 heavy (non-hydrogen) atoms. The summed E-state index contributed by atoms with van der Waals surface area (Å²) in [6, 6.07) is 0. The van der Waals surface area contributed by atoms with Crippen molar-refractivity contribution in [3.8, 4) is 0 Å². The molecule has 0 bridgehead atoms. The maximum atomic E-state index is 10.0. The van der Waals surface area contributed by atoms with Gasteiger partial charge in [0.1, 0.15) is 0 Å². The summed E-state index contributed by atoms with van der Waals surface area (Å²) >= 11 is 1.48. The van der Waals surface area contributed by atoms with Gasteiger partial charge in [-0.15, -0.1) is 0 Å². The van der Waals surface area contributed by atoms with Gasteiger partial charge >= 0.3 is 51.9 Å². The fraction of sp³-hybridized carbons (Fsp3) is 0.500. The molecule has 0 saturated carbocycles. The van der Waals surface area contributed by atoms with E-state index in [2.05, 4.69) is 0 Å². The fourth-order valence-corrected chi connectivity index (χ4v) is 0.512. The molecule has 0 aliphatic heterocycles. The Morgan fingerprint density at radius 3 is 2.43 bits per heavy atom. The Balaban J connectivity index is 2.97. The Hall–Kier alpha value is -0.0106. The van der Waals surface area contributed by atoms with Crippen LogP contribution in [-0.2, 0) is 28.5 Å². The number of carbonyl (C=O) groups excluding carboxylic acids is 2. The Morgan fingerprint density at radius 2 is 2.29 bits per heavy atom. The zero-order valence-corrected chi connectivity index (χ0v) is 6.04. The molecule has 0 fully saturated rings. The summed E-state index contributed by atoms with van der Waals surface area (Å²) in [5.74, 6) is 0. The number of rotatable bonds is 3. The number of hydrogen-bond donors (Lipinski definition) is 0. The quantitative estimate of drug-likeness (QED) is 0.683. The van der Waals surface area contributed by atoms with Crippen LogP contribution in [0, 0.1) is 0 Å². The molecule has 42 valence electrons. The van der Waals surface area contributed by atoms with Crippen molar-refractivity contribution in [2.45, 2.75) is 12.8 Å². The van der Waals surface area contributed by atoms with Crippen molar-refractivity contribution in [2.75, 3.05) is 0 Å². The Labute approximate surface area is 52.4 Å². The molecule has 3 heteroatoms. The first-order chi connectivity index (χ1) is 3.27. The van der Waals surface area contributed by atoms with Crippen molar-refractivity contribution in [1.82, 2.24) is 0 Å². The van der Waals surface area contributed by atoms with Crippen LogP contribution in [0.3, 0.4) is 0 Å². The van der Waals surface area contributed by atoms with E-state index < -0.39 is 0 Å². The van der Waals surface area contributed by atoms with Gasteiger partial charge in [0.25, 0.3) is 0 Å². The van der Waals surface area contributed by atoms with Crippen molar-refractivity contribution >= 4 is 10.6 Å². The molecule has 0 rings (SSSR count). The average Bonchev–Trinajstić information content (AvgIpc) is 1.61. The summed E-state index contributed by atoms with van der Waals surface area (Å²) < 4.78 is 0.0760. The van der Waals surface area contributed by atoms with Gasteiger partial charge in [-0.3, -0.25) is 0 Å². The average molecular weight is 277 g/mol. The van der Waals surface area contributed by atoms with E-state index in [4.69, 9.17) is 0 Å². The van der Waals surface area contributed by atoms with E-state index in [-0.39, 0.29) is 4.30 Å².